The van der Waals surface area contributed by atoms with Gasteiger partial charge in [-0.15, -0.1) is 11.3 Å². The van der Waals surface area contributed by atoms with Gasteiger partial charge in [0.2, 0.25) is 0 Å². The monoisotopic (exact) mass is 531 g/mol. The molecule has 0 unspecified atom stereocenters. The smallest absolute Gasteiger partial charge is 0.433 e. The van der Waals surface area contributed by atoms with Crippen LogP contribution in [-0.2, 0) is 19.0 Å². The van der Waals surface area contributed by atoms with Crippen molar-refractivity contribution in [2.24, 2.45) is 17.1 Å². The second kappa shape index (κ2) is 8.72. The minimum absolute atomic E-state index is 0.0490. The van der Waals surface area contributed by atoms with Gasteiger partial charge in [0.25, 0.3) is 11.8 Å². The lowest BCUT2D eigenvalue weighted by Gasteiger charge is -2.33. The summed E-state index contributed by atoms with van der Waals surface area (Å²) in [7, 11) is 0. The molecule has 1 atom stereocenters. The first-order valence-electron chi connectivity index (χ1n) is 11.6. The number of alkyl halides is 3. The Morgan fingerprint density at radius 1 is 1.24 bits per heavy atom. The molecule has 0 radical (unpaired) electrons. The lowest BCUT2D eigenvalue weighted by Crippen LogP contribution is -2.27. The van der Waals surface area contributed by atoms with Crippen LogP contribution in [0, 0.1) is 11.3 Å². The zero-order valence-electron chi connectivity index (χ0n) is 20.3. The van der Waals surface area contributed by atoms with E-state index in [4.69, 9.17) is 10.2 Å². The van der Waals surface area contributed by atoms with E-state index in [9.17, 15) is 22.8 Å². The van der Waals surface area contributed by atoms with Gasteiger partial charge < -0.3 is 15.5 Å². The molecule has 4 heterocycles. The minimum Gasteiger partial charge on any atom is -0.463 e. The van der Waals surface area contributed by atoms with E-state index in [2.05, 4.69) is 36.2 Å². The molecular formula is C25H24F3N5O3S. The zero-order valence-corrected chi connectivity index (χ0v) is 21.1. The molecule has 194 valence electrons. The minimum atomic E-state index is -4.77. The molecule has 1 aliphatic carbocycles. The number of amides is 2. The van der Waals surface area contributed by atoms with Crippen LogP contribution < -0.4 is 11.1 Å². The van der Waals surface area contributed by atoms with E-state index in [1.807, 2.05) is 0 Å². The summed E-state index contributed by atoms with van der Waals surface area (Å²) < 4.78 is 47.2. The summed E-state index contributed by atoms with van der Waals surface area (Å²) in [5.74, 6) is -0.895. The Labute approximate surface area is 213 Å². The first-order valence-corrected chi connectivity index (χ1v) is 12.4. The van der Waals surface area contributed by atoms with E-state index in [0.29, 0.717) is 16.9 Å². The van der Waals surface area contributed by atoms with Gasteiger partial charge in [-0.1, -0.05) is 20.8 Å². The molecule has 3 N–H and O–H groups in total. The van der Waals surface area contributed by atoms with Gasteiger partial charge in [-0.3, -0.25) is 9.59 Å². The third kappa shape index (κ3) is 4.61. The summed E-state index contributed by atoms with van der Waals surface area (Å²) in [5.41, 5.74) is 5.19. The fourth-order valence-electron chi connectivity index (χ4n) is 4.68. The molecule has 12 heteroatoms. The van der Waals surface area contributed by atoms with Gasteiger partial charge in [0.1, 0.15) is 10.7 Å². The number of hydrogen-bond acceptors (Lipinski definition) is 6. The molecule has 8 nitrogen and oxygen atoms in total. The van der Waals surface area contributed by atoms with Crippen molar-refractivity contribution in [2.45, 2.75) is 46.2 Å². The molecule has 0 bridgehead atoms. The van der Waals surface area contributed by atoms with Crippen LogP contribution in [0.5, 0.6) is 0 Å². The van der Waals surface area contributed by atoms with Gasteiger partial charge >= 0.3 is 6.18 Å². The third-order valence-electron chi connectivity index (χ3n) is 6.69. The number of fused-ring (bicyclic) bond motifs is 2. The summed E-state index contributed by atoms with van der Waals surface area (Å²) in [6.07, 6.45) is -1.15. The Balaban J connectivity index is 1.51. The summed E-state index contributed by atoms with van der Waals surface area (Å²) in [6, 6.07) is 4.98. The van der Waals surface area contributed by atoms with Gasteiger partial charge in [0.05, 0.1) is 11.8 Å². The van der Waals surface area contributed by atoms with Crippen LogP contribution in [0.25, 0.3) is 17.1 Å². The summed E-state index contributed by atoms with van der Waals surface area (Å²) in [6.45, 7) is 6.49. The average Bonchev–Trinajstić information content (AvgIpc) is 3.53. The standard InChI is InChI=1S/C25H24F3N5O3S/c1-24(2,3)12-6-7-13-17(9-12)37-23(20(13)21(29)34)31-22(35)15-11-19-30-14(16-5-4-8-36-16)10-18(25(26,27)28)33(19)32-15/h4-5,8,10-12H,6-7,9H2,1-3H3,(H2,29,34)(H,31,35)/t12-/m1/s1. The van der Waals surface area contributed by atoms with E-state index in [-0.39, 0.29) is 38.8 Å². The fourth-order valence-corrected chi connectivity index (χ4v) is 6.01. The summed E-state index contributed by atoms with van der Waals surface area (Å²) in [4.78, 5) is 30.6. The second-order valence-corrected chi connectivity index (χ2v) is 11.2. The van der Waals surface area contributed by atoms with Crippen LogP contribution in [0.1, 0.15) is 64.2 Å². The summed E-state index contributed by atoms with van der Waals surface area (Å²) in [5, 5.41) is 6.81. The maximum absolute atomic E-state index is 13.8. The average molecular weight is 532 g/mol. The Kier molecular flexibility index (Phi) is 5.89. The van der Waals surface area contributed by atoms with Crippen molar-refractivity contribution in [3.8, 4) is 11.5 Å². The maximum Gasteiger partial charge on any atom is 0.433 e. The Morgan fingerprint density at radius 2 is 2.00 bits per heavy atom. The SMILES string of the molecule is CC(C)(C)[C@@H]1CCc2c(sc(NC(=O)c3cc4nc(-c5ccco5)cc(C(F)(F)F)n4n3)c2C(N)=O)C1. The van der Waals surface area contributed by atoms with E-state index < -0.39 is 23.7 Å². The second-order valence-electron chi connectivity index (χ2n) is 10.1. The normalized spacial score (nSPS) is 16.1. The highest BCUT2D eigenvalue weighted by atomic mass is 32.1. The van der Waals surface area contributed by atoms with Crippen LogP contribution in [0.4, 0.5) is 18.2 Å². The van der Waals surface area contributed by atoms with Crippen molar-refractivity contribution in [1.29, 1.82) is 0 Å². The van der Waals surface area contributed by atoms with Crippen molar-refractivity contribution in [3.05, 3.63) is 57.9 Å². The quantitative estimate of drug-likeness (QED) is 0.357. The van der Waals surface area contributed by atoms with E-state index in [1.54, 1.807) is 0 Å². The Hall–Kier alpha value is -3.67. The number of rotatable bonds is 4. The topological polar surface area (TPSA) is 116 Å². The largest absolute Gasteiger partial charge is 0.463 e. The summed E-state index contributed by atoms with van der Waals surface area (Å²) >= 11 is 1.27. The van der Waals surface area contributed by atoms with Crippen LogP contribution in [0.3, 0.4) is 0 Å². The number of primary amides is 1. The van der Waals surface area contributed by atoms with Gasteiger partial charge in [0, 0.05) is 10.9 Å². The predicted molar refractivity (Wildman–Crippen MR) is 131 cm³/mol. The molecule has 2 amide bonds. The van der Waals surface area contributed by atoms with Gasteiger partial charge in [-0.05, 0) is 54.4 Å². The molecule has 0 aromatic carbocycles. The number of nitrogens with two attached hydrogens (primary N) is 1. The van der Waals surface area contributed by atoms with Crippen molar-refractivity contribution in [1.82, 2.24) is 14.6 Å². The number of nitrogens with one attached hydrogen (secondary N) is 1. The van der Waals surface area contributed by atoms with Crippen LogP contribution >= 0.6 is 11.3 Å². The first kappa shape index (κ1) is 25.0. The zero-order chi connectivity index (χ0) is 26.7. The van der Waals surface area contributed by atoms with Crippen molar-refractivity contribution in [2.75, 3.05) is 5.32 Å². The molecule has 5 rings (SSSR count). The fraction of sp³-hybridized carbons (Fsp3) is 0.360. The molecule has 0 fully saturated rings. The van der Waals surface area contributed by atoms with E-state index >= 15 is 0 Å². The van der Waals surface area contributed by atoms with Gasteiger partial charge in [0.15, 0.2) is 22.8 Å². The van der Waals surface area contributed by atoms with Gasteiger partial charge in [-0.2, -0.15) is 18.3 Å². The number of halogens is 3. The third-order valence-corrected chi connectivity index (χ3v) is 7.86. The van der Waals surface area contributed by atoms with Crippen molar-refractivity contribution >= 4 is 33.8 Å². The first-order chi connectivity index (χ1) is 17.3. The van der Waals surface area contributed by atoms with Crippen LogP contribution in [0.15, 0.2) is 34.9 Å². The number of thiophene rings is 1. The number of nitrogens with zero attached hydrogens (tertiary/aromatic N) is 3. The van der Waals surface area contributed by atoms with E-state index in [1.165, 1.54) is 29.7 Å². The lowest BCUT2D eigenvalue weighted by atomic mass is 9.72. The van der Waals surface area contributed by atoms with Gasteiger partial charge in [-0.25, -0.2) is 9.50 Å². The molecule has 0 aliphatic heterocycles. The highest BCUT2D eigenvalue weighted by Gasteiger charge is 2.37. The number of hydrogen-bond donors (Lipinski definition) is 2. The molecular weight excluding hydrogens is 507 g/mol. The van der Waals surface area contributed by atoms with Crippen LogP contribution in [-0.4, -0.2) is 26.4 Å². The molecule has 0 saturated heterocycles. The molecule has 1 aliphatic rings. The molecule has 4 aromatic heterocycles. The van der Waals surface area contributed by atoms with E-state index in [0.717, 1.165) is 35.4 Å². The van der Waals surface area contributed by atoms with Crippen molar-refractivity contribution in [3.63, 3.8) is 0 Å². The Morgan fingerprint density at radius 3 is 2.62 bits per heavy atom. The molecule has 0 spiro atoms. The molecule has 4 aromatic rings. The Bertz CT molecular complexity index is 1510. The number of carbonyl (C=O) groups excluding carboxylic acids is 2. The number of aromatic nitrogens is 3. The number of furan rings is 1. The lowest BCUT2D eigenvalue weighted by molar-refractivity contribution is -0.142. The number of carbonyl (C=O) groups is 2. The molecule has 0 saturated carbocycles. The van der Waals surface area contributed by atoms with Crippen molar-refractivity contribution < 1.29 is 27.2 Å². The maximum atomic E-state index is 13.8. The highest BCUT2D eigenvalue weighted by molar-refractivity contribution is 7.17. The van der Waals surface area contributed by atoms with Crippen LogP contribution in [0.2, 0.25) is 0 Å². The predicted octanol–water partition coefficient (Wildman–Crippen LogP) is 5.57. The number of anilines is 1. The molecule has 37 heavy (non-hydrogen) atoms. The highest BCUT2D eigenvalue weighted by Crippen LogP contribution is 2.44.